The van der Waals surface area contributed by atoms with Crippen LogP contribution < -0.4 is 10.1 Å². The van der Waals surface area contributed by atoms with Gasteiger partial charge in [-0.1, -0.05) is 30.3 Å². The van der Waals surface area contributed by atoms with Gasteiger partial charge in [0.15, 0.2) is 6.61 Å². The van der Waals surface area contributed by atoms with E-state index in [1.54, 1.807) is 30.3 Å². The number of carbonyl (C=O) groups is 1. The summed E-state index contributed by atoms with van der Waals surface area (Å²) in [7, 11) is 0. The lowest BCUT2D eigenvalue weighted by Crippen LogP contribution is -2.20. The van der Waals surface area contributed by atoms with Crippen molar-refractivity contribution < 1.29 is 9.53 Å². The topological polar surface area (TPSA) is 63.0 Å². The minimum absolute atomic E-state index is 0.0713. The van der Waals surface area contributed by atoms with E-state index in [2.05, 4.69) is 31.5 Å². The van der Waals surface area contributed by atoms with E-state index in [0.717, 1.165) is 10.2 Å². The molecule has 130 valence electrons. The summed E-state index contributed by atoms with van der Waals surface area (Å²) in [5.41, 5.74) is 2.16. The number of anilines is 1. The molecule has 26 heavy (non-hydrogen) atoms. The Morgan fingerprint density at radius 1 is 0.846 bits per heavy atom. The Kier molecular flexibility index (Phi) is 6.11. The number of carbonyl (C=O) groups excluding carboxylic acids is 1. The smallest absolute Gasteiger partial charge is 0.262 e. The van der Waals surface area contributed by atoms with Crippen molar-refractivity contribution in [1.29, 1.82) is 0 Å². The quantitative estimate of drug-likeness (QED) is 0.516. The zero-order valence-corrected chi connectivity index (χ0v) is 15.4. The van der Waals surface area contributed by atoms with E-state index in [0.29, 0.717) is 17.1 Å². The normalized spacial score (nSPS) is 10.7. The number of para-hydroxylation sites is 1. The predicted octanol–water partition coefficient (Wildman–Crippen LogP) is 5.88. The highest BCUT2D eigenvalue weighted by Crippen LogP contribution is 2.24. The third kappa shape index (κ3) is 5.26. The van der Waals surface area contributed by atoms with Gasteiger partial charge in [-0.15, -0.1) is 0 Å². The molecule has 0 aliphatic rings. The molecule has 0 bridgehead atoms. The summed E-state index contributed by atoms with van der Waals surface area (Å²) in [4.78, 5) is 12.0. The molecule has 5 nitrogen and oxygen atoms in total. The van der Waals surface area contributed by atoms with E-state index in [1.165, 1.54) is 0 Å². The molecule has 0 aromatic heterocycles. The number of hydrogen-bond acceptors (Lipinski definition) is 4. The predicted molar refractivity (Wildman–Crippen MR) is 105 cm³/mol. The maximum atomic E-state index is 12.0. The first-order chi connectivity index (χ1) is 12.7. The molecule has 0 aliphatic heterocycles. The number of hydrogen-bond donors (Lipinski definition) is 1. The monoisotopic (exact) mass is 409 g/mol. The summed E-state index contributed by atoms with van der Waals surface area (Å²) < 4.78 is 6.30. The molecule has 0 saturated carbocycles. The zero-order valence-electron chi connectivity index (χ0n) is 13.8. The molecule has 1 N–H and O–H groups in total. The summed E-state index contributed by atoms with van der Waals surface area (Å²) in [5.74, 6) is 0.388. The molecule has 6 heteroatoms. The van der Waals surface area contributed by atoms with Gasteiger partial charge in [0, 0.05) is 5.69 Å². The summed E-state index contributed by atoms with van der Waals surface area (Å²) in [6, 6.07) is 24.0. The van der Waals surface area contributed by atoms with Crippen LogP contribution in [0.4, 0.5) is 17.1 Å². The lowest BCUT2D eigenvalue weighted by atomic mass is 10.3. The second-order valence-corrected chi connectivity index (χ2v) is 6.20. The third-order valence-corrected chi connectivity index (χ3v) is 4.04. The average molecular weight is 410 g/mol. The van der Waals surface area contributed by atoms with E-state index in [-0.39, 0.29) is 12.5 Å². The Bertz CT molecular complexity index is 896. The van der Waals surface area contributed by atoms with Crippen LogP contribution in [0.2, 0.25) is 0 Å². The Hall–Kier alpha value is -2.99. The Labute approximate surface area is 159 Å². The number of rotatable bonds is 6. The van der Waals surface area contributed by atoms with Gasteiger partial charge in [0.25, 0.3) is 5.91 Å². The second-order valence-electron chi connectivity index (χ2n) is 5.35. The molecular weight excluding hydrogens is 394 g/mol. The molecule has 1 amide bonds. The third-order valence-electron chi connectivity index (χ3n) is 3.38. The van der Waals surface area contributed by atoms with Crippen molar-refractivity contribution in [2.45, 2.75) is 0 Å². The maximum Gasteiger partial charge on any atom is 0.262 e. The largest absolute Gasteiger partial charge is 0.483 e. The maximum absolute atomic E-state index is 12.0. The van der Waals surface area contributed by atoms with Gasteiger partial charge in [0.2, 0.25) is 0 Å². The van der Waals surface area contributed by atoms with Crippen molar-refractivity contribution in [3.63, 3.8) is 0 Å². The lowest BCUT2D eigenvalue weighted by Gasteiger charge is -2.08. The highest BCUT2D eigenvalue weighted by molar-refractivity contribution is 9.10. The molecule has 0 unspecified atom stereocenters. The van der Waals surface area contributed by atoms with Crippen molar-refractivity contribution in [1.82, 2.24) is 0 Å². The van der Waals surface area contributed by atoms with E-state index < -0.39 is 0 Å². The van der Waals surface area contributed by atoms with Gasteiger partial charge in [-0.3, -0.25) is 4.79 Å². The molecule has 0 radical (unpaired) electrons. The number of ether oxygens (including phenoxy) is 1. The van der Waals surface area contributed by atoms with E-state index in [4.69, 9.17) is 4.74 Å². The minimum Gasteiger partial charge on any atom is -0.483 e. The van der Waals surface area contributed by atoms with Crippen molar-refractivity contribution in [3.05, 3.63) is 83.3 Å². The molecule has 0 spiro atoms. The number of azo groups is 1. The van der Waals surface area contributed by atoms with Gasteiger partial charge in [-0.25, -0.2) is 0 Å². The first-order valence-corrected chi connectivity index (χ1v) is 8.74. The molecule has 3 aromatic rings. The molecular formula is C20H16BrN3O2. The van der Waals surface area contributed by atoms with Gasteiger partial charge in [0.1, 0.15) is 5.75 Å². The SMILES string of the molecule is O=C(COc1ccccc1Br)Nc1ccc(N=Nc2ccccc2)cc1. The van der Waals surface area contributed by atoms with Crippen LogP contribution in [0.15, 0.2) is 93.6 Å². The molecule has 0 atom stereocenters. The number of amides is 1. The van der Waals surface area contributed by atoms with Crippen LogP contribution in [0.3, 0.4) is 0 Å². The molecule has 0 heterocycles. The molecule has 0 fully saturated rings. The highest BCUT2D eigenvalue weighted by atomic mass is 79.9. The number of nitrogens with one attached hydrogen (secondary N) is 1. The average Bonchev–Trinajstić information content (AvgIpc) is 2.68. The van der Waals surface area contributed by atoms with Crippen molar-refractivity contribution in [3.8, 4) is 5.75 Å². The Balaban J connectivity index is 1.53. The molecule has 0 aliphatic carbocycles. The van der Waals surface area contributed by atoms with Crippen molar-refractivity contribution >= 4 is 38.9 Å². The van der Waals surface area contributed by atoms with Crippen LogP contribution in [0.25, 0.3) is 0 Å². The standard InChI is InChI=1S/C20H16BrN3O2/c21-18-8-4-5-9-19(18)26-14-20(25)22-15-10-12-17(13-11-15)24-23-16-6-2-1-3-7-16/h1-13H,14H2,(H,22,25). The van der Waals surface area contributed by atoms with Gasteiger partial charge >= 0.3 is 0 Å². The first kappa shape index (κ1) is 17.8. The summed E-state index contributed by atoms with van der Waals surface area (Å²) in [5, 5.41) is 11.1. The van der Waals surface area contributed by atoms with Crippen LogP contribution >= 0.6 is 15.9 Å². The van der Waals surface area contributed by atoms with Crippen LogP contribution in [-0.4, -0.2) is 12.5 Å². The molecule has 3 aromatic carbocycles. The number of halogens is 1. The highest BCUT2D eigenvalue weighted by Gasteiger charge is 2.05. The fraction of sp³-hybridized carbons (Fsp3) is 0.0500. The van der Waals surface area contributed by atoms with Crippen molar-refractivity contribution in [2.24, 2.45) is 10.2 Å². The van der Waals surface area contributed by atoms with E-state index in [9.17, 15) is 4.79 Å². The zero-order chi connectivity index (χ0) is 18.2. The van der Waals surface area contributed by atoms with Crippen LogP contribution in [0, 0.1) is 0 Å². The molecule has 0 saturated heterocycles. The Morgan fingerprint density at radius 3 is 2.15 bits per heavy atom. The van der Waals surface area contributed by atoms with Gasteiger partial charge < -0.3 is 10.1 Å². The number of nitrogens with zero attached hydrogens (tertiary/aromatic N) is 2. The second kappa shape index (κ2) is 8.92. The van der Waals surface area contributed by atoms with Crippen LogP contribution in [0.1, 0.15) is 0 Å². The van der Waals surface area contributed by atoms with Crippen molar-refractivity contribution in [2.75, 3.05) is 11.9 Å². The lowest BCUT2D eigenvalue weighted by molar-refractivity contribution is -0.118. The van der Waals surface area contributed by atoms with Gasteiger partial charge in [-0.2, -0.15) is 10.2 Å². The minimum atomic E-state index is -0.237. The first-order valence-electron chi connectivity index (χ1n) is 7.95. The Morgan fingerprint density at radius 2 is 1.46 bits per heavy atom. The van der Waals surface area contributed by atoms with E-state index in [1.807, 2.05) is 48.5 Å². The summed E-state index contributed by atoms with van der Waals surface area (Å²) in [6.07, 6.45) is 0. The fourth-order valence-electron chi connectivity index (χ4n) is 2.12. The fourth-order valence-corrected chi connectivity index (χ4v) is 2.52. The van der Waals surface area contributed by atoms with Gasteiger partial charge in [-0.05, 0) is 64.5 Å². The summed E-state index contributed by atoms with van der Waals surface area (Å²) in [6.45, 7) is -0.0713. The summed E-state index contributed by atoms with van der Waals surface area (Å²) >= 11 is 3.38. The van der Waals surface area contributed by atoms with E-state index >= 15 is 0 Å². The molecule has 3 rings (SSSR count). The van der Waals surface area contributed by atoms with Crippen LogP contribution in [-0.2, 0) is 4.79 Å². The van der Waals surface area contributed by atoms with Gasteiger partial charge in [0.05, 0.1) is 15.8 Å². The van der Waals surface area contributed by atoms with Crippen LogP contribution in [0.5, 0.6) is 5.75 Å². The number of benzene rings is 3.